The van der Waals surface area contributed by atoms with E-state index in [0.717, 1.165) is 0 Å². The predicted octanol–water partition coefficient (Wildman–Crippen LogP) is 0.791. The molecule has 5 nitrogen and oxygen atoms in total. The number of carbonyl (C=O) groups excluding carboxylic acids is 1. The maximum absolute atomic E-state index is 11.6. The van der Waals surface area contributed by atoms with Gasteiger partial charge in [0.2, 0.25) is 5.91 Å². The summed E-state index contributed by atoms with van der Waals surface area (Å²) in [5.74, 6) is -1.12. The number of carbonyl (C=O) groups is 2. The molecule has 0 bridgehead atoms. The standard InChI is InChI=1S/C12H13NO4/c1-7-4-8(2-3-10(7)12(16)17)13-6-9(14)5-11(13)15/h2-4,9,14H,5-6H2,1H3,(H,16,17). The number of nitrogens with zero attached hydrogens (tertiary/aromatic N) is 1. The van der Waals surface area contributed by atoms with Gasteiger partial charge in [-0.05, 0) is 30.7 Å². The molecule has 1 unspecified atom stereocenters. The van der Waals surface area contributed by atoms with Gasteiger partial charge in [-0.25, -0.2) is 4.79 Å². The van der Waals surface area contributed by atoms with Crippen molar-refractivity contribution in [1.82, 2.24) is 0 Å². The van der Waals surface area contributed by atoms with E-state index >= 15 is 0 Å². The van der Waals surface area contributed by atoms with Gasteiger partial charge in [-0.15, -0.1) is 0 Å². The van der Waals surface area contributed by atoms with E-state index in [2.05, 4.69) is 0 Å². The molecule has 2 rings (SSSR count). The molecule has 17 heavy (non-hydrogen) atoms. The average molecular weight is 235 g/mol. The van der Waals surface area contributed by atoms with Crippen LogP contribution < -0.4 is 4.90 Å². The number of aromatic carboxylic acids is 1. The Morgan fingerprint density at radius 1 is 1.47 bits per heavy atom. The molecular weight excluding hydrogens is 222 g/mol. The molecule has 1 heterocycles. The van der Waals surface area contributed by atoms with Crippen molar-refractivity contribution in [3.8, 4) is 0 Å². The van der Waals surface area contributed by atoms with Gasteiger partial charge in [-0.2, -0.15) is 0 Å². The smallest absolute Gasteiger partial charge is 0.335 e. The van der Waals surface area contributed by atoms with Crippen LogP contribution in [0, 0.1) is 6.92 Å². The predicted molar refractivity (Wildman–Crippen MR) is 61.1 cm³/mol. The number of carboxylic acids is 1. The number of amides is 1. The average Bonchev–Trinajstić information content (AvgIpc) is 2.57. The van der Waals surface area contributed by atoms with Gasteiger partial charge in [0.25, 0.3) is 0 Å². The number of hydrogen-bond donors (Lipinski definition) is 2. The van der Waals surface area contributed by atoms with E-state index in [1.807, 2.05) is 0 Å². The van der Waals surface area contributed by atoms with Crippen molar-refractivity contribution in [2.24, 2.45) is 0 Å². The molecule has 1 amide bonds. The van der Waals surface area contributed by atoms with E-state index in [4.69, 9.17) is 5.11 Å². The zero-order chi connectivity index (χ0) is 12.6. The van der Waals surface area contributed by atoms with Crippen LogP contribution in [-0.2, 0) is 4.79 Å². The SMILES string of the molecule is Cc1cc(N2CC(O)CC2=O)ccc1C(=O)O. The molecule has 0 saturated carbocycles. The van der Waals surface area contributed by atoms with Gasteiger partial charge < -0.3 is 15.1 Å². The molecule has 1 aliphatic heterocycles. The van der Waals surface area contributed by atoms with Crippen molar-refractivity contribution in [3.05, 3.63) is 29.3 Å². The lowest BCUT2D eigenvalue weighted by molar-refractivity contribution is -0.117. The fourth-order valence-corrected chi connectivity index (χ4v) is 1.99. The van der Waals surface area contributed by atoms with Gasteiger partial charge in [0, 0.05) is 5.69 Å². The molecule has 0 aromatic heterocycles. The van der Waals surface area contributed by atoms with E-state index in [1.165, 1.54) is 11.0 Å². The number of aryl methyl sites for hydroxylation is 1. The zero-order valence-corrected chi connectivity index (χ0v) is 9.38. The van der Waals surface area contributed by atoms with Crippen LogP contribution in [0.1, 0.15) is 22.3 Å². The molecule has 2 N–H and O–H groups in total. The van der Waals surface area contributed by atoms with E-state index in [1.54, 1.807) is 19.1 Å². The van der Waals surface area contributed by atoms with Crippen molar-refractivity contribution >= 4 is 17.6 Å². The first kappa shape index (κ1) is 11.6. The maximum Gasteiger partial charge on any atom is 0.335 e. The third kappa shape index (κ3) is 2.14. The fourth-order valence-electron chi connectivity index (χ4n) is 1.99. The van der Waals surface area contributed by atoms with Crippen molar-refractivity contribution in [1.29, 1.82) is 0 Å². The number of β-amino-alcohol motifs (C(OH)–C–C–N with tert-alkyl or cyclic N) is 1. The first-order valence-electron chi connectivity index (χ1n) is 5.31. The Morgan fingerprint density at radius 3 is 2.65 bits per heavy atom. The van der Waals surface area contributed by atoms with E-state index in [-0.39, 0.29) is 24.4 Å². The summed E-state index contributed by atoms with van der Waals surface area (Å²) in [4.78, 5) is 23.9. The molecule has 1 atom stereocenters. The number of carboxylic acid groups (broad SMARTS) is 1. The molecule has 1 aliphatic rings. The molecule has 5 heteroatoms. The summed E-state index contributed by atoms with van der Waals surface area (Å²) in [5, 5.41) is 18.3. The molecule has 0 aliphatic carbocycles. The minimum Gasteiger partial charge on any atom is -0.478 e. The minimum absolute atomic E-state index is 0.125. The summed E-state index contributed by atoms with van der Waals surface area (Å²) < 4.78 is 0. The van der Waals surface area contributed by atoms with Crippen LogP contribution in [-0.4, -0.2) is 34.7 Å². The van der Waals surface area contributed by atoms with Gasteiger partial charge in [-0.3, -0.25) is 4.79 Å². The van der Waals surface area contributed by atoms with Gasteiger partial charge in [0.05, 0.1) is 24.6 Å². The van der Waals surface area contributed by atoms with E-state index in [9.17, 15) is 14.7 Å². The topological polar surface area (TPSA) is 77.8 Å². The van der Waals surface area contributed by atoms with Crippen LogP contribution in [0.2, 0.25) is 0 Å². The molecule has 1 saturated heterocycles. The van der Waals surface area contributed by atoms with Crippen molar-refractivity contribution in [2.75, 3.05) is 11.4 Å². The molecule has 90 valence electrons. The Morgan fingerprint density at radius 2 is 2.18 bits per heavy atom. The van der Waals surface area contributed by atoms with E-state index in [0.29, 0.717) is 11.3 Å². The summed E-state index contributed by atoms with van der Waals surface area (Å²) in [6.07, 6.45) is -0.512. The monoisotopic (exact) mass is 235 g/mol. The lowest BCUT2D eigenvalue weighted by Gasteiger charge is -2.17. The van der Waals surface area contributed by atoms with Crippen molar-refractivity contribution < 1.29 is 19.8 Å². The highest BCUT2D eigenvalue weighted by molar-refractivity contribution is 5.97. The molecule has 0 radical (unpaired) electrons. The van der Waals surface area contributed by atoms with Crippen molar-refractivity contribution in [2.45, 2.75) is 19.4 Å². The number of rotatable bonds is 2. The highest BCUT2D eigenvalue weighted by atomic mass is 16.4. The Kier molecular flexibility index (Phi) is 2.85. The first-order chi connectivity index (χ1) is 7.99. The van der Waals surface area contributed by atoms with Gasteiger partial charge in [-0.1, -0.05) is 0 Å². The molecule has 1 fully saturated rings. The Labute approximate surface area is 98.3 Å². The maximum atomic E-state index is 11.6. The summed E-state index contributed by atoms with van der Waals surface area (Å²) >= 11 is 0. The molecule has 1 aromatic rings. The number of anilines is 1. The Balaban J connectivity index is 2.32. The number of hydrogen-bond acceptors (Lipinski definition) is 3. The lowest BCUT2D eigenvalue weighted by atomic mass is 10.1. The summed E-state index contributed by atoms with van der Waals surface area (Å²) in [6.45, 7) is 1.95. The van der Waals surface area contributed by atoms with Crippen LogP contribution in [0.3, 0.4) is 0 Å². The number of benzene rings is 1. The van der Waals surface area contributed by atoms with Crippen molar-refractivity contribution in [3.63, 3.8) is 0 Å². The summed E-state index contributed by atoms with van der Waals surface area (Å²) in [5.41, 5.74) is 1.46. The highest BCUT2D eigenvalue weighted by Gasteiger charge is 2.29. The van der Waals surface area contributed by atoms with Crippen LogP contribution >= 0.6 is 0 Å². The molecule has 0 spiro atoms. The lowest BCUT2D eigenvalue weighted by Crippen LogP contribution is -2.25. The minimum atomic E-state index is -0.984. The molecular formula is C12H13NO4. The number of aliphatic hydroxyl groups is 1. The van der Waals surface area contributed by atoms with Crippen LogP contribution in [0.15, 0.2) is 18.2 Å². The van der Waals surface area contributed by atoms with Gasteiger partial charge >= 0.3 is 5.97 Å². The summed E-state index contributed by atoms with van der Waals surface area (Å²) in [7, 11) is 0. The second kappa shape index (κ2) is 4.18. The highest BCUT2D eigenvalue weighted by Crippen LogP contribution is 2.24. The number of aliphatic hydroxyl groups excluding tert-OH is 1. The fraction of sp³-hybridized carbons (Fsp3) is 0.333. The zero-order valence-electron chi connectivity index (χ0n) is 9.38. The second-order valence-corrected chi connectivity index (χ2v) is 4.17. The summed E-state index contributed by atoms with van der Waals surface area (Å²) in [6, 6.07) is 4.72. The Hall–Kier alpha value is -1.88. The Bertz CT molecular complexity index is 483. The normalized spacial score (nSPS) is 19.8. The van der Waals surface area contributed by atoms with Gasteiger partial charge in [0.1, 0.15) is 0 Å². The van der Waals surface area contributed by atoms with Crippen LogP contribution in [0.5, 0.6) is 0 Å². The first-order valence-corrected chi connectivity index (χ1v) is 5.31. The largest absolute Gasteiger partial charge is 0.478 e. The van der Waals surface area contributed by atoms with E-state index < -0.39 is 12.1 Å². The third-order valence-corrected chi connectivity index (χ3v) is 2.86. The van der Waals surface area contributed by atoms with Crippen LogP contribution in [0.25, 0.3) is 0 Å². The molecule has 1 aromatic carbocycles. The second-order valence-electron chi connectivity index (χ2n) is 4.17. The van der Waals surface area contributed by atoms with Gasteiger partial charge in [0.15, 0.2) is 0 Å². The third-order valence-electron chi connectivity index (χ3n) is 2.86. The van der Waals surface area contributed by atoms with Crippen LogP contribution in [0.4, 0.5) is 5.69 Å². The quantitative estimate of drug-likeness (QED) is 0.794.